The third-order valence-corrected chi connectivity index (χ3v) is 3.89. The molecule has 0 bridgehead atoms. The molecule has 0 saturated heterocycles. The molecule has 0 heterocycles. The number of hydrogen-bond donors (Lipinski definition) is 0. The van der Waals surface area contributed by atoms with E-state index in [4.69, 9.17) is 0 Å². The molecule has 0 spiro atoms. The molecular weight excluding hydrogens is 351 g/mol. The largest absolute Gasteiger partial charge is 0.475 e. The van der Waals surface area contributed by atoms with E-state index in [0.717, 1.165) is 37.8 Å². The minimum Gasteiger partial charge on any atom is -0.303 e. The van der Waals surface area contributed by atoms with Crippen molar-refractivity contribution in [3.05, 3.63) is 29.8 Å². The summed E-state index contributed by atoms with van der Waals surface area (Å²) in [4.78, 5) is -0.391. The fraction of sp³-hybridized carbons (Fsp3) is 0.647. The minimum absolute atomic E-state index is 0.0216. The van der Waals surface area contributed by atoms with Crippen molar-refractivity contribution >= 4 is 5.69 Å². The smallest absolute Gasteiger partial charge is 0.303 e. The van der Waals surface area contributed by atoms with Gasteiger partial charge >= 0.3 is 12.2 Å². The van der Waals surface area contributed by atoms with E-state index < -0.39 is 41.0 Å². The van der Waals surface area contributed by atoms with Gasteiger partial charge in [0.15, 0.2) is 11.6 Å². The number of hydrogen-bond acceptors (Lipinski definition) is 1. The molecule has 1 nitrogen and oxygen atoms in total. The van der Waals surface area contributed by atoms with Gasteiger partial charge in [-0.2, -0.15) is 22.0 Å². The van der Waals surface area contributed by atoms with Gasteiger partial charge in [-0.15, -0.1) is 0 Å². The summed E-state index contributed by atoms with van der Waals surface area (Å²) in [5.74, 6) is -3.19. The lowest BCUT2D eigenvalue weighted by Gasteiger charge is -2.34. The highest BCUT2D eigenvalue weighted by molar-refractivity contribution is 5.49. The van der Waals surface area contributed by atoms with Crippen LogP contribution in [0.25, 0.3) is 0 Å². The molecule has 0 aliphatic heterocycles. The van der Waals surface area contributed by atoms with Crippen LogP contribution in [0.2, 0.25) is 0 Å². The van der Waals surface area contributed by atoms with Crippen molar-refractivity contribution < 1.29 is 30.7 Å². The Morgan fingerprint density at radius 3 is 1.96 bits per heavy atom. The molecule has 0 saturated carbocycles. The summed E-state index contributed by atoms with van der Waals surface area (Å²) in [6.07, 6.45) is -0.852. The van der Waals surface area contributed by atoms with Crippen molar-refractivity contribution in [3.8, 4) is 0 Å². The van der Waals surface area contributed by atoms with E-state index in [1.165, 1.54) is 0 Å². The molecule has 8 heteroatoms. The molecular formula is C17H22F7N. The summed E-state index contributed by atoms with van der Waals surface area (Å²) >= 11 is 0. The molecule has 0 aromatic heterocycles. The molecule has 0 radical (unpaired) electrons. The second-order valence-electron chi connectivity index (χ2n) is 5.88. The minimum atomic E-state index is -5.90. The second kappa shape index (κ2) is 9.29. The number of anilines is 1. The van der Waals surface area contributed by atoms with Crippen LogP contribution in [0.5, 0.6) is 0 Å². The monoisotopic (exact) mass is 373 g/mol. The molecule has 25 heavy (non-hydrogen) atoms. The van der Waals surface area contributed by atoms with Crippen molar-refractivity contribution in [2.75, 3.05) is 11.4 Å². The van der Waals surface area contributed by atoms with Crippen molar-refractivity contribution in [3.63, 3.8) is 0 Å². The van der Waals surface area contributed by atoms with Gasteiger partial charge in [0.25, 0.3) is 0 Å². The van der Waals surface area contributed by atoms with Crippen molar-refractivity contribution in [2.45, 2.75) is 64.1 Å². The molecule has 0 unspecified atom stereocenters. The number of benzene rings is 1. The van der Waals surface area contributed by atoms with Gasteiger partial charge < -0.3 is 4.90 Å². The normalized spacial score (nSPS) is 12.5. The Kier molecular flexibility index (Phi) is 8.02. The lowest BCUT2D eigenvalue weighted by atomic mass is 10.1. The molecule has 144 valence electrons. The molecule has 0 amide bonds. The van der Waals surface area contributed by atoms with Gasteiger partial charge in [0.2, 0.25) is 0 Å². The Morgan fingerprint density at radius 1 is 0.840 bits per heavy atom. The fourth-order valence-electron chi connectivity index (χ4n) is 2.49. The van der Waals surface area contributed by atoms with Gasteiger partial charge in [-0.3, -0.25) is 0 Å². The van der Waals surface area contributed by atoms with Crippen molar-refractivity contribution in [1.82, 2.24) is 0 Å². The first-order valence-electron chi connectivity index (χ1n) is 8.29. The maximum absolute atomic E-state index is 13.8. The summed E-state index contributed by atoms with van der Waals surface area (Å²) in [7, 11) is 0. The Balaban J connectivity index is 2.85. The Morgan fingerprint density at radius 2 is 1.40 bits per heavy atom. The topological polar surface area (TPSA) is 3.24 Å². The number of unbranched alkanes of at least 4 members (excludes halogenated alkanes) is 6. The summed E-state index contributed by atoms with van der Waals surface area (Å²) in [5, 5.41) is 0. The first-order valence-corrected chi connectivity index (χ1v) is 8.29. The predicted octanol–water partition coefficient (Wildman–Crippen LogP) is 6.68. The van der Waals surface area contributed by atoms with E-state index in [0.29, 0.717) is 18.9 Å². The molecule has 0 N–H and O–H groups in total. The van der Waals surface area contributed by atoms with E-state index in [1.54, 1.807) is 0 Å². The van der Waals surface area contributed by atoms with E-state index in [-0.39, 0.29) is 6.42 Å². The van der Waals surface area contributed by atoms with E-state index in [9.17, 15) is 30.7 Å². The van der Waals surface area contributed by atoms with Crippen LogP contribution in [0.15, 0.2) is 18.2 Å². The van der Waals surface area contributed by atoms with Gasteiger partial charge in [0, 0.05) is 6.54 Å². The Hall–Kier alpha value is -1.47. The van der Waals surface area contributed by atoms with Crippen LogP contribution in [-0.4, -0.2) is 18.8 Å². The number of nitrogens with zero attached hydrogens (tertiary/aromatic N) is 1. The van der Waals surface area contributed by atoms with Crippen LogP contribution in [0, 0.1) is 11.6 Å². The average Bonchev–Trinajstić information content (AvgIpc) is 2.52. The summed E-state index contributed by atoms with van der Waals surface area (Å²) in [6.45, 7) is 1.31. The third kappa shape index (κ3) is 5.78. The van der Waals surface area contributed by atoms with E-state index in [1.807, 2.05) is 6.92 Å². The molecule has 1 rings (SSSR count). The van der Waals surface area contributed by atoms with Gasteiger partial charge in [-0.05, 0) is 18.6 Å². The van der Waals surface area contributed by atoms with Crippen LogP contribution >= 0.6 is 0 Å². The molecule has 0 atom stereocenters. The lowest BCUT2D eigenvalue weighted by molar-refractivity contribution is -0.281. The fourth-order valence-corrected chi connectivity index (χ4v) is 2.49. The maximum atomic E-state index is 13.8. The number of rotatable bonds is 10. The number of alkyl halides is 5. The average molecular weight is 373 g/mol. The Labute approximate surface area is 142 Å². The van der Waals surface area contributed by atoms with Gasteiger partial charge in [0.05, 0.1) is 5.69 Å². The highest BCUT2D eigenvalue weighted by Gasteiger charge is 2.62. The molecule has 0 fully saturated rings. The first-order chi connectivity index (χ1) is 11.6. The van der Waals surface area contributed by atoms with Crippen molar-refractivity contribution in [2.24, 2.45) is 0 Å². The van der Waals surface area contributed by atoms with Gasteiger partial charge in [0.1, 0.15) is 0 Å². The van der Waals surface area contributed by atoms with E-state index in [2.05, 4.69) is 0 Å². The van der Waals surface area contributed by atoms with Gasteiger partial charge in [-0.25, -0.2) is 8.78 Å². The molecule has 0 aliphatic rings. The highest BCUT2D eigenvalue weighted by atomic mass is 19.4. The van der Waals surface area contributed by atoms with Gasteiger partial charge in [-0.1, -0.05) is 51.5 Å². The zero-order chi connectivity index (χ0) is 19.1. The zero-order valence-corrected chi connectivity index (χ0v) is 14.0. The lowest BCUT2D eigenvalue weighted by Crippen LogP contribution is -2.53. The van der Waals surface area contributed by atoms with Crippen LogP contribution in [0.3, 0.4) is 0 Å². The molecule has 1 aromatic rings. The summed E-state index contributed by atoms with van der Waals surface area (Å²) in [6, 6.07) is -3.00. The van der Waals surface area contributed by atoms with Crippen LogP contribution < -0.4 is 4.90 Å². The highest BCUT2D eigenvalue weighted by Crippen LogP contribution is 2.42. The third-order valence-electron chi connectivity index (χ3n) is 3.89. The molecule has 1 aromatic carbocycles. The first kappa shape index (κ1) is 21.6. The molecule has 0 aliphatic carbocycles. The Bertz CT molecular complexity index is 528. The quantitative estimate of drug-likeness (QED) is 0.251. The standard InChI is InChI=1S/C17H22F7N/c1-2-3-4-5-6-7-8-12-25(17(23,24)16(20,21)22)14-11-9-10-13(18)15(14)19/h9-11H,2-8,12H2,1H3. The maximum Gasteiger partial charge on any atom is 0.475 e. The van der Waals surface area contributed by atoms with Crippen LogP contribution in [0.1, 0.15) is 51.9 Å². The van der Waals surface area contributed by atoms with Crippen LogP contribution in [-0.2, 0) is 0 Å². The predicted molar refractivity (Wildman–Crippen MR) is 82.7 cm³/mol. The van der Waals surface area contributed by atoms with Crippen molar-refractivity contribution in [1.29, 1.82) is 0 Å². The van der Waals surface area contributed by atoms with Crippen LogP contribution in [0.4, 0.5) is 36.4 Å². The number of halogens is 7. The zero-order valence-electron chi connectivity index (χ0n) is 14.0. The second-order valence-corrected chi connectivity index (χ2v) is 5.88. The summed E-state index contributed by atoms with van der Waals surface area (Å²) in [5.41, 5.74) is -1.09. The SMILES string of the molecule is CCCCCCCCCN(c1cccc(F)c1F)C(F)(F)C(F)(F)F. The summed E-state index contributed by atoms with van der Waals surface area (Å²) < 4.78 is 92.7. The van der Waals surface area contributed by atoms with E-state index >= 15 is 0 Å².